The molecule has 2 N–H and O–H groups in total. The summed E-state index contributed by atoms with van der Waals surface area (Å²) in [6, 6.07) is 10.1. The monoisotopic (exact) mass is 314 g/mol. The lowest BCUT2D eigenvalue weighted by Crippen LogP contribution is -2.39. The highest BCUT2D eigenvalue weighted by molar-refractivity contribution is 5.74. The van der Waals surface area contributed by atoms with Crippen molar-refractivity contribution in [2.75, 3.05) is 18.4 Å². The molecule has 23 heavy (non-hydrogen) atoms. The fourth-order valence-corrected chi connectivity index (χ4v) is 2.64. The molecule has 0 saturated carbocycles. The quantitative estimate of drug-likeness (QED) is 0.912. The van der Waals surface area contributed by atoms with E-state index in [4.69, 9.17) is 0 Å². The maximum Gasteiger partial charge on any atom is 0.317 e. The molecule has 5 nitrogen and oxygen atoms in total. The van der Waals surface area contributed by atoms with Crippen LogP contribution >= 0.6 is 0 Å². The summed E-state index contributed by atoms with van der Waals surface area (Å²) in [6.45, 7) is 1.77. The topological polar surface area (TPSA) is 57.3 Å². The Morgan fingerprint density at radius 3 is 2.87 bits per heavy atom. The molecule has 120 valence electrons. The van der Waals surface area contributed by atoms with Crippen molar-refractivity contribution in [1.29, 1.82) is 0 Å². The number of carbonyl (C=O) groups is 1. The fourth-order valence-electron chi connectivity index (χ4n) is 2.64. The van der Waals surface area contributed by atoms with E-state index in [0.29, 0.717) is 19.6 Å². The molecule has 1 aromatic carbocycles. The highest BCUT2D eigenvalue weighted by Gasteiger charge is 2.25. The van der Waals surface area contributed by atoms with Gasteiger partial charge in [-0.2, -0.15) is 0 Å². The number of rotatable bonds is 4. The minimum atomic E-state index is -0.274. The van der Waals surface area contributed by atoms with Crippen LogP contribution in [0.2, 0.25) is 0 Å². The minimum Gasteiger partial charge on any atom is -0.379 e. The molecule has 0 aliphatic carbocycles. The predicted octanol–water partition coefficient (Wildman–Crippen LogP) is 2.62. The number of nitrogens with one attached hydrogen (secondary N) is 2. The molecule has 3 rings (SSSR count). The number of hydrogen-bond acceptors (Lipinski definition) is 3. The molecule has 0 radical (unpaired) electrons. The van der Waals surface area contributed by atoms with Crippen LogP contribution in [0.5, 0.6) is 0 Å². The van der Waals surface area contributed by atoms with Crippen LogP contribution in [0, 0.1) is 5.82 Å². The second-order valence-corrected chi connectivity index (χ2v) is 5.60. The largest absolute Gasteiger partial charge is 0.379 e. The van der Waals surface area contributed by atoms with E-state index in [2.05, 4.69) is 15.6 Å². The third-order valence-electron chi connectivity index (χ3n) is 3.86. The lowest BCUT2D eigenvalue weighted by Gasteiger charge is -2.18. The average Bonchev–Trinajstić information content (AvgIpc) is 3.03. The van der Waals surface area contributed by atoms with E-state index in [0.717, 1.165) is 17.7 Å². The Labute approximate surface area is 134 Å². The van der Waals surface area contributed by atoms with Gasteiger partial charge in [-0.3, -0.25) is 4.98 Å². The molecule has 6 heteroatoms. The van der Waals surface area contributed by atoms with Crippen LogP contribution in [0.4, 0.5) is 14.9 Å². The van der Waals surface area contributed by atoms with E-state index < -0.39 is 0 Å². The number of carbonyl (C=O) groups excluding carboxylic acids is 1. The van der Waals surface area contributed by atoms with E-state index in [9.17, 15) is 9.18 Å². The zero-order valence-electron chi connectivity index (χ0n) is 12.7. The van der Waals surface area contributed by atoms with Crippen LogP contribution in [-0.2, 0) is 6.54 Å². The molecule has 1 unspecified atom stereocenters. The Hall–Kier alpha value is -2.63. The summed E-state index contributed by atoms with van der Waals surface area (Å²) < 4.78 is 12.8. The number of halogens is 1. The number of aromatic nitrogens is 1. The second kappa shape index (κ2) is 7.09. The molecule has 1 aliphatic heterocycles. The van der Waals surface area contributed by atoms with Gasteiger partial charge in [-0.05, 0) is 36.2 Å². The van der Waals surface area contributed by atoms with Crippen LogP contribution in [-0.4, -0.2) is 35.0 Å². The van der Waals surface area contributed by atoms with E-state index >= 15 is 0 Å². The summed E-state index contributed by atoms with van der Waals surface area (Å²) in [4.78, 5) is 18.0. The standard InChI is InChI=1S/C17H19FN4O/c18-14-5-3-13(4-6-14)10-20-17(23)22-9-7-16(12-22)21-15-2-1-8-19-11-15/h1-6,8,11,16,21H,7,9-10,12H2,(H,20,23). The van der Waals surface area contributed by atoms with Gasteiger partial charge in [0.2, 0.25) is 0 Å². The van der Waals surface area contributed by atoms with Crippen LogP contribution in [0.25, 0.3) is 0 Å². The van der Waals surface area contributed by atoms with Crippen molar-refractivity contribution in [3.05, 3.63) is 60.2 Å². The van der Waals surface area contributed by atoms with Gasteiger partial charge in [-0.15, -0.1) is 0 Å². The second-order valence-electron chi connectivity index (χ2n) is 5.60. The summed E-state index contributed by atoms with van der Waals surface area (Å²) in [5.74, 6) is -0.274. The molecular formula is C17H19FN4O. The lowest BCUT2D eigenvalue weighted by molar-refractivity contribution is 0.208. The number of hydrogen-bond donors (Lipinski definition) is 2. The maximum atomic E-state index is 12.8. The van der Waals surface area contributed by atoms with Gasteiger partial charge in [-0.1, -0.05) is 12.1 Å². The Bertz CT molecular complexity index is 647. The zero-order chi connectivity index (χ0) is 16.1. The summed E-state index contributed by atoms with van der Waals surface area (Å²) in [5, 5.41) is 6.25. The summed E-state index contributed by atoms with van der Waals surface area (Å²) >= 11 is 0. The van der Waals surface area contributed by atoms with Crippen molar-refractivity contribution in [2.45, 2.75) is 19.0 Å². The van der Waals surface area contributed by atoms with Gasteiger partial charge in [0.25, 0.3) is 0 Å². The number of amides is 2. The van der Waals surface area contributed by atoms with Crippen LogP contribution in [0.3, 0.4) is 0 Å². The number of pyridine rings is 1. The molecule has 2 amide bonds. The first kappa shape index (κ1) is 15.3. The first-order valence-corrected chi connectivity index (χ1v) is 7.64. The minimum absolute atomic E-state index is 0.0928. The molecule has 1 saturated heterocycles. The maximum absolute atomic E-state index is 12.8. The summed E-state index contributed by atoms with van der Waals surface area (Å²) in [6.07, 6.45) is 4.41. The van der Waals surface area contributed by atoms with Gasteiger partial charge in [0.15, 0.2) is 0 Å². The van der Waals surface area contributed by atoms with E-state index in [-0.39, 0.29) is 17.9 Å². The number of nitrogens with zero attached hydrogens (tertiary/aromatic N) is 2. The van der Waals surface area contributed by atoms with Gasteiger partial charge >= 0.3 is 6.03 Å². The Morgan fingerprint density at radius 2 is 2.13 bits per heavy atom. The van der Waals surface area contributed by atoms with Crippen molar-refractivity contribution >= 4 is 11.7 Å². The summed E-state index contributed by atoms with van der Waals surface area (Å²) in [7, 11) is 0. The molecule has 1 fully saturated rings. The first-order valence-electron chi connectivity index (χ1n) is 7.64. The van der Waals surface area contributed by atoms with Crippen molar-refractivity contribution in [2.24, 2.45) is 0 Å². The van der Waals surface area contributed by atoms with E-state index in [1.807, 2.05) is 12.1 Å². The number of anilines is 1. The van der Waals surface area contributed by atoms with Gasteiger partial charge in [0, 0.05) is 38.1 Å². The van der Waals surface area contributed by atoms with Crippen LogP contribution < -0.4 is 10.6 Å². The number of likely N-dealkylation sites (tertiary alicyclic amines) is 1. The molecule has 0 bridgehead atoms. The van der Waals surface area contributed by atoms with Gasteiger partial charge in [-0.25, -0.2) is 9.18 Å². The van der Waals surface area contributed by atoms with Crippen molar-refractivity contribution in [3.63, 3.8) is 0 Å². The molecular weight excluding hydrogens is 295 g/mol. The van der Waals surface area contributed by atoms with Crippen molar-refractivity contribution in [1.82, 2.24) is 15.2 Å². The molecule has 1 atom stereocenters. The van der Waals surface area contributed by atoms with Crippen molar-refractivity contribution < 1.29 is 9.18 Å². The summed E-state index contributed by atoms with van der Waals surface area (Å²) in [5.41, 5.74) is 1.84. The zero-order valence-corrected chi connectivity index (χ0v) is 12.7. The smallest absolute Gasteiger partial charge is 0.317 e. The molecule has 1 aromatic heterocycles. The molecule has 2 heterocycles. The SMILES string of the molecule is O=C(NCc1ccc(F)cc1)N1CCC(Nc2cccnc2)C1. The Morgan fingerprint density at radius 1 is 1.30 bits per heavy atom. The fraction of sp³-hybridized carbons (Fsp3) is 0.294. The first-order chi connectivity index (χ1) is 11.2. The lowest BCUT2D eigenvalue weighted by atomic mass is 10.2. The number of urea groups is 1. The molecule has 2 aromatic rings. The van der Waals surface area contributed by atoms with E-state index in [1.165, 1.54) is 12.1 Å². The Balaban J connectivity index is 1.46. The van der Waals surface area contributed by atoms with Gasteiger partial charge in [0.05, 0.1) is 5.69 Å². The molecule has 0 spiro atoms. The number of benzene rings is 1. The third-order valence-corrected chi connectivity index (χ3v) is 3.86. The van der Waals surface area contributed by atoms with Crippen LogP contribution in [0.15, 0.2) is 48.8 Å². The Kier molecular flexibility index (Phi) is 4.71. The van der Waals surface area contributed by atoms with Gasteiger partial charge < -0.3 is 15.5 Å². The highest BCUT2D eigenvalue weighted by Crippen LogP contribution is 2.15. The highest BCUT2D eigenvalue weighted by atomic mass is 19.1. The van der Waals surface area contributed by atoms with Crippen molar-refractivity contribution in [3.8, 4) is 0 Å². The third kappa shape index (κ3) is 4.18. The average molecular weight is 314 g/mol. The van der Waals surface area contributed by atoms with Crippen LogP contribution in [0.1, 0.15) is 12.0 Å². The predicted molar refractivity (Wildman–Crippen MR) is 86.5 cm³/mol. The van der Waals surface area contributed by atoms with E-state index in [1.54, 1.807) is 29.4 Å². The normalized spacial score (nSPS) is 17.1. The van der Waals surface area contributed by atoms with Gasteiger partial charge in [0.1, 0.15) is 5.82 Å². The molecule has 1 aliphatic rings.